The molecule has 6 rings (SSSR count). The summed E-state index contributed by atoms with van der Waals surface area (Å²) >= 11 is 1.28. The quantitative estimate of drug-likeness (QED) is 0.188. The Balaban J connectivity index is 1.21. The smallest absolute Gasteiger partial charge is 0.356 e. The second kappa shape index (κ2) is 17.1. The molecule has 0 spiro atoms. The van der Waals surface area contributed by atoms with Crippen LogP contribution in [0.25, 0.3) is 10.4 Å². The van der Waals surface area contributed by atoms with Crippen LogP contribution in [-0.2, 0) is 19.1 Å². The van der Waals surface area contributed by atoms with Crippen molar-refractivity contribution in [1.82, 2.24) is 25.1 Å². The normalized spacial score (nSPS) is 22.6. The van der Waals surface area contributed by atoms with Crippen molar-refractivity contribution in [2.75, 3.05) is 52.6 Å². The van der Waals surface area contributed by atoms with Gasteiger partial charge in [0.15, 0.2) is 5.69 Å². The van der Waals surface area contributed by atoms with E-state index < -0.39 is 18.1 Å². The summed E-state index contributed by atoms with van der Waals surface area (Å²) in [7, 11) is 0. The molecule has 2 amide bonds. The molecule has 3 atom stereocenters. The Morgan fingerprint density at radius 1 is 0.980 bits per heavy atom. The Morgan fingerprint density at radius 3 is 2.38 bits per heavy atom. The number of aromatic nitrogens is 1. The summed E-state index contributed by atoms with van der Waals surface area (Å²) in [4.78, 5) is 49.0. The summed E-state index contributed by atoms with van der Waals surface area (Å²) in [6.07, 6.45) is 10.0. The number of amides is 2. The van der Waals surface area contributed by atoms with E-state index in [0.717, 1.165) is 62.0 Å². The summed E-state index contributed by atoms with van der Waals surface area (Å²) in [5.41, 5.74) is 10.5. The van der Waals surface area contributed by atoms with Gasteiger partial charge >= 0.3 is 5.97 Å². The summed E-state index contributed by atoms with van der Waals surface area (Å²) in [6.45, 7) is 4.93. The van der Waals surface area contributed by atoms with Gasteiger partial charge in [0.1, 0.15) is 12.1 Å². The maximum absolute atomic E-state index is 14.5. The number of rotatable bonds is 12. The Kier molecular flexibility index (Phi) is 12.4. The highest BCUT2D eigenvalue weighted by Crippen LogP contribution is 2.32. The number of carbonyl (C=O) groups excluding carboxylic acids is 2. The van der Waals surface area contributed by atoms with Gasteiger partial charge in [-0.15, -0.1) is 11.3 Å². The molecule has 2 aromatic rings. The molecule has 4 aliphatic rings. The predicted molar refractivity (Wildman–Crippen MR) is 190 cm³/mol. The number of nitrogens with two attached hydrogens (primary N) is 2. The topological polar surface area (TPSA) is 177 Å². The van der Waals surface area contributed by atoms with Gasteiger partial charge in [-0.25, -0.2) is 15.6 Å². The predicted octanol–water partition coefficient (Wildman–Crippen LogP) is 3.34. The Hall–Kier alpha value is -3.56. The maximum Gasteiger partial charge on any atom is 0.356 e. The van der Waals surface area contributed by atoms with E-state index in [2.05, 4.69) is 15.2 Å². The lowest BCUT2D eigenvalue weighted by molar-refractivity contribution is -0.145. The number of benzene rings is 1. The molecule has 14 heteroatoms. The second-order valence-corrected chi connectivity index (χ2v) is 14.8. The van der Waals surface area contributed by atoms with Crippen LogP contribution < -0.4 is 16.9 Å². The number of hydrogen-bond acceptors (Lipinski definition) is 11. The minimum absolute atomic E-state index is 0.0197. The van der Waals surface area contributed by atoms with Gasteiger partial charge in [-0.1, -0.05) is 43.5 Å². The molecule has 272 valence electrons. The number of carboxylic acid groups (broad SMARTS) is 1. The Bertz CT molecular complexity index is 1480. The summed E-state index contributed by atoms with van der Waals surface area (Å²) < 4.78 is 11.2. The van der Waals surface area contributed by atoms with Crippen LogP contribution in [0.3, 0.4) is 0 Å². The first-order valence-corrected chi connectivity index (χ1v) is 18.9. The van der Waals surface area contributed by atoms with Gasteiger partial charge in [0.05, 0.1) is 29.6 Å². The van der Waals surface area contributed by atoms with E-state index in [0.29, 0.717) is 63.7 Å². The molecule has 0 bridgehead atoms. The van der Waals surface area contributed by atoms with E-state index >= 15 is 0 Å². The van der Waals surface area contributed by atoms with E-state index in [9.17, 15) is 19.5 Å². The molecule has 3 aliphatic heterocycles. The van der Waals surface area contributed by atoms with Gasteiger partial charge in [-0.3, -0.25) is 14.5 Å². The number of morpholine rings is 1. The fraction of sp³-hybridized carbons (Fsp3) is 0.611. The van der Waals surface area contributed by atoms with Gasteiger partial charge in [-0.05, 0) is 61.5 Å². The van der Waals surface area contributed by atoms with Gasteiger partial charge in [0.2, 0.25) is 11.8 Å². The highest BCUT2D eigenvalue weighted by atomic mass is 32.1. The molecule has 6 N–H and O–H groups in total. The largest absolute Gasteiger partial charge is 0.476 e. The average molecular weight is 710 g/mol. The number of aromatic carboxylic acids is 1. The maximum atomic E-state index is 14.5. The molecule has 3 unspecified atom stereocenters. The van der Waals surface area contributed by atoms with Crippen LogP contribution in [0, 0.1) is 11.8 Å². The summed E-state index contributed by atoms with van der Waals surface area (Å²) in [5, 5.41) is 14.4. The number of allylic oxidation sites excluding steroid dienone is 1. The lowest BCUT2D eigenvalue weighted by atomic mass is 9.87. The molecule has 3 saturated heterocycles. The van der Waals surface area contributed by atoms with Crippen molar-refractivity contribution in [3.05, 3.63) is 52.9 Å². The number of likely N-dealkylation sites (tertiary alicyclic amines) is 1. The minimum atomic E-state index is -1.07. The first kappa shape index (κ1) is 36.2. The van der Waals surface area contributed by atoms with Crippen molar-refractivity contribution < 1.29 is 29.0 Å². The number of carboxylic acids is 1. The molecular formula is C36H51N7O6S. The van der Waals surface area contributed by atoms with Crippen LogP contribution in [0.4, 0.5) is 0 Å². The number of carbonyl (C=O) groups is 3. The average Bonchev–Trinajstić information content (AvgIpc) is 3.84. The Labute approximate surface area is 297 Å². The van der Waals surface area contributed by atoms with E-state index in [4.69, 9.17) is 21.1 Å². The molecule has 0 radical (unpaired) electrons. The zero-order valence-electron chi connectivity index (χ0n) is 28.7. The number of hydrazine groups is 1. The highest BCUT2D eigenvalue weighted by molar-refractivity contribution is 7.13. The van der Waals surface area contributed by atoms with Gasteiger partial charge in [0, 0.05) is 51.3 Å². The summed E-state index contributed by atoms with van der Waals surface area (Å²) in [6, 6.07) is 5.98. The molecule has 4 fully saturated rings. The van der Waals surface area contributed by atoms with E-state index in [1.165, 1.54) is 28.3 Å². The fourth-order valence-electron chi connectivity index (χ4n) is 7.89. The lowest BCUT2D eigenvalue weighted by Crippen LogP contribution is -2.57. The molecule has 50 heavy (non-hydrogen) atoms. The van der Waals surface area contributed by atoms with Crippen LogP contribution in [0.5, 0.6) is 0 Å². The number of nitrogens with one attached hydrogen (secondary N) is 1. The molecule has 1 aromatic carbocycles. The lowest BCUT2D eigenvalue weighted by Gasteiger charge is -2.39. The van der Waals surface area contributed by atoms with Crippen molar-refractivity contribution in [2.45, 2.75) is 75.9 Å². The van der Waals surface area contributed by atoms with Crippen molar-refractivity contribution in [2.24, 2.45) is 23.4 Å². The highest BCUT2D eigenvalue weighted by Gasteiger charge is 2.42. The van der Waals surface area contributed by atoms with Gasteiger partial charge in [-0.2, -0.15) is 0 Å². The van der Waals surface area contributed by atoms with Crippen LogP contribution in [0.2, 0.25) is 0 Å². The van der Waals surface area contributed by atoms with Crippen LogP contribution in [0.1, 0.15) is 79.9 Å². The third kappa shape index (κ3) is 8.65. The van der Waals surface area contributed by atoms with Crippen molar-refractivity contribution >= 4 is 29.1 Å². The van der Waals surface area contributed by atoms with Crippen molar-refractivity contribution in [1.29, 1.82) is 0 Å². The van der Waals surface area contributed by atoms with Gasteiger partial charge in [0.25, 0.3) is 0 Å². The molecule has 1 aliphatic carbocycles. The standard InChI is InChI=1S/C36H51N7O6S/c37-28(24-5-2-1-3-6-24)21-43(38)32(26-12-17-48-18-13-26)35(45)42-14-4-7-30(42)34(44)40-29(22-41-15-19-49-20-16-41)25-8-10-27(11-9-25)33-31(36(46)47)39-23-50-33/h8-11,21,23-24,26,29-30,32H,1-7,12-20,22,37-38H2,(H,40,44)(H,46,47)/b28-21-. The minimum Gasteiger partial charge on any atom is -0.476 e. The van der Waals surface area contributed by atoms with E-state index in [-0.39, 0.29) is 35.4 Å². The zero-order chi connectivity index (χ0) is 35.0. The van der Waals surface area contributed by atoms with Crippen molar-refractivity contribution in [3.63, 3.8) is 0 Å². The molecule has 1 saturated carbocycles. The first-order valence-electron chi connectivity index (χ1n) is 18.1. The molecule has 1 aromatic heterocycles. The summed E-state index contributed by atoms with van der Waals surface area (Å²) in [5.74, 6) is 5.56. The zero-order valence-corrected chi connectivity index (χ0v) is 29.5. The monoisotopic (exact) mass is 709 g/mol. The number of nitrogens with zero attached hydrogens (tertiary/aromatic N) is 4. The van der Waals surface area contributed by atoms with E-state index in [1.807, 2.05) is 24.3 Å². The number of hydrogen-bond donors (Lipinski definition) is 4. The third-order valence-electron chi connectivity index (χ3n) is 10.7. The van der Waals surface area contributed by atoms with Crippen LogP contribution in [0.15, 0.2) is 41.7 Å². The number of thiazole rings is 1. The van der Waals surface area contributed by atoms with Crippen molar-refractivity contribution in [3.8, 4) is 10.4 Å². The number of ether oxygens (including phenoxy) is 2. The van der Waals surface area contributed by atoms with Gasteiger partial charge < -0.3 is 35.5 Å². The SMILES string of the molecule is N/C(=C\N(N)C(C(=O)N1CCCC1C(=O)NC(CN1CCOCC1)c1ccc(-c2scnc2C(=O)O)cc1)C1CCOCC1)C1CCCCC1. The fourth-order valence-corrected chi connectivity index (χ4v) is 8.67. The van der Waals surface area contributed by atoms with E-state index in [1.54, 1.807) is 11.1 Å². The van der Waals surface area contributed by atoms with Crippen LogP contribution in [-0.4, -0.2) is 107 Å². The molecule has 4 heterocycles. The Morgan fingerprint density at radius 2 is 1.68 bits per heavy atom. The third-order valence-corrected chi connectivity index (χ3v) is 11.6. The van der Waals surface area contributed by atoms with Crippen LogP contribution >= 0.6 is 11.3 Å². The molecular weight excluding hydrogens is 659 g/mol. The molecule has 13 nitrogen and oxygen atoms in total. The second-order valence-electron chi connectivity index (χ2n) is 13.9. The first-order chi connectivity index (χ1) is 24.3.